The molecule has 0 spiro atoms. The second-order valence-corrected chi connectivity index (χ2v) is 16.4. The van der Waals surface area contributed by atoms with E-state index >= 15 is 0 Å². The van der Waals surface area contributed by atoms with Crippen LogP contribution in [0, 0.1) is 6.92 Å². The Hall–Kier alpha value is -4.74. The molecule has 6 aromatic rings. The fraction of sp³-hybridized carbons (Fsp3) is 0.348. The summed E-state index contributed by atoms with van der Waals surface area (Å²) in [5.74, 6) is 0.931. The van der Waals surface area contributed by atoms with Gasteiger partial charge in [0.2, 0.25) is 11.8 Å². The maximum atomic E-state index is 13.6. The molecule has 2 aliphatic heterocycles. The molecule has 298 valence electrons. The first-order valence-corrected chi connectivity index (χ1v) is 21.6. The first-order chi connectivity index (χ1) is 27.8. The van der Waals surface area contributed by atoms with Crippen LogP contribution >= 0.6 is 23.5 Å². The number of ether oxygens (including phenoxy) is 1. The smallest absolute Gasteiger partial charge is 0.240 e. The minimum Gasteiger partial charge on any atom is -0.496 e. The lowest BCUT2D eigenvalue weighted by atomic mass is 10.00. The third-order valence-corrected chi connectivity index (χ3v) is 13.6. The van der Waals surface area contributed by atoms with Crippen molar-refractivity contribution < 1.29 is 23.1 Å². The summed E-state index contributed by atoms with van der Waals surface area (Å²) in [5, 5.41) is 1.27. The molecule has 2 unspecified atom stereocenters. The number of halogens is 2. The van der Waals surface area contributed by atoms with E-state index in [1.807, 2.05) is 97.5 Å². The van der Waals surface area contributed by atoms with E-state index in [2.05, 4.69) is 41.0 Å². The van der Waals surface area contributed by atoms with Crippen LogP contribution in [0.3, 0.4) is 0 Å². The van der Waals surface area contributed by atoms with Gasteiger partial charge in [0.05, 0.1) is 37.1 Å². The van der Waals surface area contributed by atoms with Gasteiger partial charge in [-0.05, 0) is 70.5 Å². The number of amides is 2. The lowest BCUT2D eigenvalue weighted by Gasteiger charge is -2.30. The Morgan fingerprint density at radius 2 is 1.18 bits per heavy atom. The Morgan fingerprint density at radius 3 is 1.70 bits per heavy atom. The first-order valence-electron chi connectivity index (χ1n) is 19.8. The van der Waals surface area contributed by atoms with Crippen molar-refractivity contribution in [2.45, 2.75) is 68.0 Å². The van der Waals surface area contributed by atoms with Crippen LogP contribution in [-0.4, -0.2) is 77.4 Å². The summed E-state index contributed by atoms with van der Waals surface area (Å²) in [6, 6.07) is 28.3. The number of alkyl halides is 2. The lowest BCUT2D eigenvalue weighted by molar-refractivity contribution is -0.131. The number of carbonyl (C=O) groups excluding carboxylic acids is 2. The van der Waals surface area contributed by atoms with Crippen molar-refractivity contribution in [3.05, 3.63) is 102 Å². The van der Waals surface area contributed by atoms with Crippen LogP contribution in [0.1, 0.15) is 54.9 Å². The van der Waals surface area contributed by atoms with Gasteiger partial charge in [0.15, 0.2) is 0 Å². The molecule has 2 aromatic heterocycles. The molecular formula is C46H50F2N4O3S2. The molecular weight excluding hydrogens is 759 g/mol. The number of nitrogens with zero attached hydrogens (tertiary/aromatic N) is 4. The van der Waals surface area contributed by atoms with Gasteiger partial charge < -0.3 is 23.7 Å². The molecule has 2 atom stereocenters. The molecule has 57 heavy (non-hydrogen) atoms. The van der Waals surface area contributed by atoms with Gasteiger partial charge in [0.1, 0.15) is 29.6 Å². The number of aromatic nitrogens is 2. The van der Waals surface area contributed by atoms with Crippen LogP contribution in [0.2, 0.25) is 0 Å². The van der Waals surface area contributed by atoms with Crippen molar-refractivity contribution in [2.24, 2.45) is 0 Å². The molecule has 8 rings (SSSR count). The fourth-order valence-electron chi connectivity index (χ4n) is 8.44. The minimum absolute atomic E-state index is 0.0842. The number of rotatable bonds is 11. The van der Waals surface area contributed by atoms with E-state index in [0.717, 1.165) is 70.8 Å². The van der Waals surface area contributed by atoms with Gasteiger partial charge in [-0.1, -0.05) is 54.6 Å². The van der Waals surface area contributed by atoms with Crippen molar-refractivity contribution in [1.82, 2.24) is 18.9 Å². The van der Waals surface area contributed by atoms with Crippen molar-refractivity contribution in [1.29, 1.82) is 0 Å². The summed E-state index contributed by atoms with van der Waals surface area (Å²) in [4.78, 5) is 32.8. The molecule has 0 N–H and O–H groups in total. The topological polar surface area (TPSA) is 59.7 Å². The van der Waals surface area contributed by atoms with Crippen LogP contribution < -0.4 is 4.74 Å². The molecule has 2 amide bonds. The van der Waals surface area contributed by atoms with E-state index in [9.17, 15) is 18.4 Å². The molecule has 0 saturated carbocycles. The standard InChI is InChI=1S/C23H25FN2O2S.C23H25FN2OS/c1-4-25(5-2)23(27)22-20-19-16(10-8-11-17(19)28-3)26(14-13-24)21(20)15-9-6-7-12-18(15)29-22;1-4-25(5-2)23(27)22-20-16-11-10-15(3)14-18(16)26(13-12-24)21(20)17-8-6-7-9-19(17)28-22/h6-12,22H,4-5,13-14H2,1-3H3;6-11,14,22H,4-5,12-13H2,1-3H3. The first kappa shape index (κ1) is 40.5. The molecule has 4 heterocycles. The number of hydrogen-bond acceptors (Lipinski definition) is 5. The highest BCUT2D eigenvalue weighted by Crippen LogP contribution is 2.55. The van der Waals surface area contributed by atoms with Crippen LogP contribution in [-0.2, 0) is 22.7 Å². The zero-order valence-electron chi connectivity index (χ0n) is 33.5. The lowest BCUT2D eigenvalue weighted by Crippen LogP contribution is -2.34. The number of methoxy groups -OCH3 is 1. The Bertz CT molecular complexity index is 2430. The number of hydrogen-bond donors (Lipinski definition) is 0. The van der Waals surface area contributed by atoms with E-state index in [1.54, 1.807) is 30.6 Å². The van der Waals surface area contributed by atoms with Gasteiger partial charge in [-0.15, -0.1) is 23.5 Å². The second kappa shape index (κ2) is 17.4. The monoisotopic (exact) mass is 808 g/mol. The zero-order chi connectivity index (χ0) is 40.4. The van der Waals surface area contributed by atoms with Gasteiger partial charge in [-0.2, -0.15) is 0 Å². The van der Waals surface area contributed by atoms with Crippen LogP contribution in [0.4, 0.5) is 8.78 Å². The van der Waals surface area contributed by atoms with Gasteiger partial charge in [-0.3, -0.25) is 9.59 Å². The van der Waals surface area contributed by atoms with Crippen molar-refractivity contribution in [3.8, 4) is 28.3 Å². The number of aryl methyl sites for hydroxylation is 3. The van der Waals surface area contributed by atoms with Gasteiger partial charge in [0, 0.05) is 74.5 Å². The molecule has 0 fully saturated rings. The molecule has 0 bridgehead atoms. The Labute approximate surface area is 342 Å². The molecule has 0 radical (unpaired) electrons. The summed E-state index contributed by atoms with van der Waals surface area (Å²) in [6.07, 6.45) is 0. The van der Waals surface area contributed by atoms with E-state index in [4.69, 9.17) is 4.74 Å². The van der Waals surface area contributed by atoms with Crippen molar-refractivity contribution >= 4 is 57.1 Å². The Morgan fingerprint density at radius 1 is 0.667 bits per heavy atom. The highest BCUT2D eigenvalue weighted by atomic mass is 32.2. The molecule has 4 aromatic carbocycles. The van der Waals surface area contributed by atoms with Crippen molar-refractivity contribution in [2.75, 3.05) is 46.6 Å². The third kappa shape index (κ3) is 7.11. The Balaban J connectivity index is 0.000000174. The fourth-order valence-corrected chi connectivity index (χ4v) is 11.1. The molecule has 0 aliphatic carbocycles. The number of thioether (sulfide) groups is 2. The zero-order valence-corrected chi connectivity index (χ0v) is 35.1. The average Bonchev–Trinajstić information content (AvgIpc) is 3.74. The quantitative estimate of drug-likeness (QED) is 0.130. The molecule has 2 aliphatic rings. The highest BCUT2D eigenvalue weighted by Gasteiger charge is 2.39. The maximum Gasteiger partial charge on any atom is 0.240 e. The number of likely N-dealkylation sites (N-methyl/N-ethyl adjacent to an activating group) is 2. The summed E-state index contributed by atoms with van der Waals surface area (Å²) in [7, 11) is 1.64. The number of carbonyl (C=O) groups is 2. The number of benzene rings is 4. The summed E-state index contributed by atoms with van der Waals surface area (Å²) in [6.45, 7) is 12.4. The van der Waals surface area contributed by atoms with E-state index in [1.165, 1.54) is 0 Å². The van der Waals surface area contributed by atoms with Gasteiger partial charge in [-0.25, -0.2) is 8.78 Å². The second-order valence-electron chi connectivity index (χ2n) is 14.1. The Kier molecular flexibility index (Phi) is 12.4. The average molecular weight is 809 g/mol. The van der Waals surface area contributed by atoms with Crippen LogP contribution in [0.25, 0.3) is 44.3 Å². The molecule has 7 nitrogen and oxygen atoms in total. The van der Waals surface area contributed by atoms with E-state index < -0.39 is 13.3 Å². The largest absolute Gasteiger partial charge is 0.496 e. The maximum absolute atomic E-state index is 13.6. The minimum atomic E-state index is -0.475. The normalized spacial score (nSPS) is 15.2. The predicted octanol–water partition coefficient (Wildman–Crippen LogP) is 10.9. The van der Waals surface area contributed by atoms with Crippen molar-refractivity contribution in [3.63, 3.8) is 0 Å². The summed E-state index contributed by atoms with van der Waals surface area (Å²) in [5.41, 5.74) is 9.08. The summed E-state index contributed by atoms with van der Waals surface area (Å²) < 4.78 is 36.8. The SMILES string of the molecule is CCN(CC)C(=O)C1Sc2ccccc2-c2c1c1c(OC)cccc1n2CCF.CCN(CC)C(=O)C1Sc2ccccc2-c2c1c1ccc(C)cc1n2CCF. The van der Waals surface area contributed by atoms with Gasteiger partial charge in [0.25, 0.3) is 0 Å². The van der Waals surface area contributed by atoms with Crippen LogP contribution in [0.15, 0.2) is 94.7 Å². The van der Waals surface area contributed by atoms with E-state index in [0.29, 0.717) is 38.5 Å². The summed E-state index contributed by atoms with van der Waals surface area (Å²) >= 11 is 3.20. The molecule has 0 saturated heterocycles. The van der Waals surface area contributed by atoms with E-state index in [-0.39, 0.29) is 28.9 Å². The van der Waals surface area contributed by atoms with Crippen LogP contribution in [0.5, 0.6) is 5.75 Å². The molecule has 11 heteroatoms. The van der Waals surface area contributed by atoms with Gasteiger partial charge >= 0.3 is 0 Å². The number of fused-ring (bicyclic) bond motifs is 10. The highest BCUT2D eigenvalue weighted by molar-refractivity contribution is 8.00. The third-order valence-electron chi connectivity index (χ3n) is 11.1. The predicted molar refractivity (Wildman–Crippen MR) is 231 cm³/mol.